The van der Waals surface area contributed by atoms with Gasteiger partial charge in [-0.1, -0.05) is 0 Å². The van der Waals surface area contributed by atoms with Crippen LogP contribution in [0.25, 0.3) is 5.57 Å². The van der Waals surface area contributed by atoms with Crippen LogP contribution in [0.15, 0.2) is 36.3 Å². The van der Waals surface area contributed by atoms with Crippen LogP contribution in [0.4, 0.5) is 4.39 Å². The minimum absolute atomic E-state index is 0.0367. The molecular formula is C23H26FN5O2. The number of aromatic nitrogens is 2. The van der Waals surface area contributed by atoms with Crippen molar-refractivity contribution in [3.8, 4) is 5.75 Å². The monoisotopic (exact) mass is 423 g/mol. The predicted octanol–water partition coefficient (Wildman–Crippen LogP) is 2.45. The molecule has 7 nitrogen and oxygen atoms in total. The van der Waals surface area contributed by atoms with Crippen LogP contribution in [-0.2, 0) is 0 Å². The molecule has 2 fully saturated rings. The fourth-order valence-corrected chi connectivity index (χ4v) is 4.16. The number of hydrogen-bond donors (Lipinski definition) is 2. The van der Waals surface area contributed by atoms with Crippen molar-refractivity contribution in [2.75, 3.05) is 26.2 Å². The summed E-state index contributed by atoms with van der Waals surface area (Å²) >= 11 is 0. The molecule has 1 aliphatic carbocycles. The van der Waals surface area contributed by atoms with Crippen molar-refractivity contribution in [1.82, 2.24) is 20.2 Å². The molecule has 5 rings (SSSR count). The largest absolute Gasteiger partial charge is 0.489 e. The molecule has 31 heavy (non-hydrogen) atoms. The Morgan fingerprint density at radius 1 is 1.13 bits per heavy atom. The van der Waals surface area contributed by atoms with Gasteiger partial charge in [-0.15, -0.1) is 0 Å². The van der Waals surface area contributed by atoms with Crippen molar-refractivity contribution < 1.29 is 13.9 Å². The molecule has 8 heteroatoms. The van der Waals surface area contributed by atoms with Gasteiger partial charge < -0.3 is 20.7 Å². The van der Waals surface area contributed by atoms with Crippen molar-refractivity contribution >= 4 is 11.5 Å². The van der Waals surface area contributed by atoms with E-state index in [9.17, 15) is 9.18 Å². The molecule has 2 aromatic rings. The lowest BCUT2D eigenvalue weighted by Gasteiger charge is -2.26. The molecule has 0 radical (unpaired) electrons. The highest BCUT2D eigenvalue weighted by atomic mass is 19.1. The van der Waals surface area contributed by atoms with Gasteiger partial charge >= 0.3 is 0 Å². The normalized spacial score (nSPS) is 19.7. The highest BCUT2D eigenvalue weighted by Gasteiger charge is 2.30. The van der Waals surface area contributed by atoms with E-state index in [-0.39, 0.29) is 24.3 Å². The zero-order valence-electron chi connectivity index (χ0n) is 17.3. The molecular weight excluding hydrogens is 397 g/mol. The number of piperidine rings is 1. The van der Waals surface area contributed by atoms with Crippen LogP contribution < -0.4 is 15.8 Å². The van der Waals surface area contributed by atoms with E-state index < -0.39 is 5.82 Å². The first-order valence-electron chi connectivity index (χ1n) is 10.8. The Labute approximate surface area is 180 Å². The van der Waals surface area contributed by atoms with Gasteiger partial charge in [-0.05, 0) is 62.4 Å². The zero-order chi connectivity index (χ0) is 21.4. The van der Waals surface area contributed by atoms with E-state index in [1.807, 2.05) is 12.4 Å². The number of carbonyl (C=O) groups excluding carboxylic acids is 1. The SMILES string of the molecule is NC1=C(c2ncc(C3CC3)cn2)CN(C(=O)c2ccc(F)cc2OC2CCNCC2)C1. The molecule has 0 bridgehead atoms. The van der Waals surface area contributed by atoms with Crippen LogP contribution >= 0.6 is 0 Å². The van der Waals surface area contributed by atoms with E-state index in [2.05, 4.69) is 15.3 Å². The quantitative estimate of drug-likeness (QED) is 0.767. The Morgan fingerprint density at radius 2 is 1.87 bits per heavy atom. The molecule has 2 aliphatic heterocycles. The molecule has 1 saturated heterocycles. The topological polar surface area (TPSA) is 93.4 Å². The maximum absolute atomic E-state index is 13.9. The molecule has 1 amide bonds. The van der Waals surface area contributed by atoms with E-state index >= 15 is 0 Å². The second-order valence-corrected chi connectivity index (χ2v) is 8.49. The molecule has 1 saturated carbocycles. The smallest absolute Gasteiger partial charge is 0.258 e. The summed E-state index contributed by atoms with van der Waals surface area (Å²) in [5.41, 5.74) is 9.09. The Balaban J connectivity index is 1.32. The van der Waals surface area contributed by atoms with Crippen LogP contribution in [0.3, 0.4) is 0 Å². The highest BCUT2D eigenvalue weighted by molar-refractivity contribution is 5.98. The Bertz CT molecular complexity index is 1010. The highest BCUT2D eigenvalue weighted by Crippen LogP contribution is 2.39. The van der Waals surface area contributed by atoms with Crippen LogP contribution in [0.5, 0.6) is 5.75 Å². The number of nitrogens with zero attached hydrogens (tertiary/aromatic N) is 3. The maximum atomic E-state index is 13.9. The van der Waals surface area contributed by atoms with Crippen LogP contribution in [0.1, 0.15) is 53.3 Å². The minimum atomic E-state index is -0.426. The molecule has 0 unspecified atom stereocenters. The number of nitrogens with one attached hydrogen (secondary N) is 1. The van der Waals surface area contributed by atoms with Crippen molar-refractivity contribution in [1.29, 1.82) is 0 Å². The van der Waals surface area contributed by atoms with E-state index in [1.165, 1.54) is 31.0 Å². The number of nitrogens with two attached hydrogens (primary N) is 1. The van der Waals surface area contributed by atoms with Gasteiger partial charge in [0.05, 0.1) is 18.7 Å². The van der Waals surface area contributed by atoms with E-state index in [0.29, 0.717) is 29.5 Å². The number of amides is 1. The summed E-state index contributed by atoms with van der Waals surface area (Å²) in [4.78, 5) is 23.9. The molecule has 3 N–H and O–H groups in total. The number of benzene rings is 1. The number of rotatable bonds is 5. The summed E-state index contributed by atoms with van der Waals surface area (Å²) in [5, 5.41) is 3.27. The molecule has 0 atom stereocenters. The first kappa shape index (κ1) is 19.9. The molecule has 3 heterocycles. The van der Waals surface area contributed by atoms with Crippen LogP contribution in [0.2, 0.25) is 0 Å². The molecule has 1 aromatic heterocycles. The van der Waals surface area contributed by atoms with Gasteiger partial charge in [-0.2, -0.15) is 0 Å². The third-order valence-corrected chi connectivity index (χ3v) is 6.13. The van der Waals surface area contributed by atoms with Crippen molar-refractivity contribution in [2.24, 2.45) is 5.73 Å². The standard InChI is InChI=1S/C23H26FN5O2/c24-16-3-4-18(21(9-16)31-17-5-7-26-8-6-17)23(30)29-12-19(20(25)13-29)22-27-10-15(11-28-22)14-1-2-14/h3-4,9-11,14,17,26H,1-2,5-8,12-13,25H2. The first-order chi connectivity index (χ1) is 15.1. The molecule has 3 aliphatic rings. The first-order valence-corrected chi connectivity index (χ1v) is 10.8. The van der Waals surface area contributed by atoms with Gasteiger partial charge in [0, 0.05) is 29.7 Å². The molecule has 162 valence electrons. The molecule has 0 spiro atoms. The van der Waals surface area contributed by atoms with E-state index in [1.54, 1.807) is 4.90 Å². The summed E-state index contributed by atoms with van der Waals surface area (Å²) < 4.78 is 19.9. The van der Waals surface area contributed by atoms with Gasteiger partial charge in [0.2, 0.25) is 0 Å². The summed E-state index contributed by atoms with van der Waals surface area (Å²) in [6.07, 6.45) is 7.70. The average Bonchev–Trinajstić information content (AvgIpc) is 3.56. The van der Waals surface area contributed by atoms with Gasteiger partial charge in [0.25, 0.3) is 5.91 Å². The second-order valence-electron chi connectivity index (χ2n) is 8.49. The number of hydrogen-bond acceptors (Lipinski definition) is 6. The fourth-order valence-electron chi connectivity index (χ4n) is 4.16. The van der Waals surface area contributed by atoms with Gasteiger partial charge in [0.15, 0.2) is 5.82 Å². The maximum Gasteiger partial charge on any atom is 0.258 e. The predicted molar refractivity (Wildman–Crippen MR) is 114 cm³/mol. The Morgan fingerprint density at radius 3 is 2.58 bits per heavy atom. The number of ether oxygens (including phenoxy) is 1. The second kappa shape index (κ2) is 8.26. The summed E-state index contributed by atoms with van der Waals surface area (Å²) in [6, 6.07) is 4.07. The lowest BCUT2D eigenvalue weighted by Crippen LogP contribution is -2.35. The van der Waals surface area contributed by atoms with Crippen LogP contribution in [0, 0.1) is 5.82 Å². The van der Waals surface area contributed by atoms with Crippen LogP contribution in [-0.4, -0.2) is 53.1 Å². The van der Waals surface area contributed by atoms with E-state index in [4.69, 9.17) is 10.5 Å². The van der Waals surface area contributed by atoms with Gasteiger partial charge in [0.1, 0.15) is 17.7 Å². The average molecular weight is 423 g/mol. The van der Waals surface area contributed by atoms with E-state index in [0.717, 1.165) is 37.1 Å². The Hall–Kier alpha value is -3.00. The fraction of sp³-hybridized carbons (Fsp3) is 0.435. The van der Waals surface area contributed by atoms with Gasteiger partial charge in [-0.3, -0.25) is 4.79 Å². The lowest BCUT2D eigenvalue weighted by molar-refractivity contribution is 0.0788. The number of carbonyl (C=O) groups is 1. The van der Waals surface area contributed by atoms with Crippen molar-refractivity contribution in [3.63, 3.8) is 0 Å². The summed E-state index contributed by atoms with van der Waals surface area (Å²) in [5.74, 6) is 0.760. The third kappa shape index (κ3) is 4.25. The van der Waals surface area contributed by atoms with Crippen molar-refractivity contribution in [2.45, 2.75) is 37.7 Å². The minimum Gasteiger partial charge on any atom is -0.489 e. The molecule has 1 aromatic carbocycles. The third-order valence-electron chi connectivity index (χ3n) is 6.13. The summed E-state index contributed by atoms with van der Waals surface area (Å²) in [6.45, 7) is 2.29. The zero-order valence-corrected chi connectivity index (χ0v) is 17.3. The van der Waals surface area contributed by atoms with Gasteiger partial charge in [-0.25, -0.2) is 14.4 Å². The lowest BCUT2D eigenvalue weighted by atomic mass is 10.1. The Kier molecular flexibility index (Phi) is 5.31. The van der Waals surface area contributed by atoms with Crippen molar-refractivity contribution in [3.05, 3.63) is 59.1 Å². The summed E-state index contributed by atoms with van der Waals surface area (Å²) in [7, 11) is 0. The number of halogens is 1.